The van der Waals surface area contributed by atoms with Gasteiger partial charge >= 0.3 is 0 Å². The van der Waals surface area contributed by atoms with E-state index in [0.717, 1.165) is 19.4 Å². The van der Waals surface area contributed by atoms with Crippen LogP contribution in [0.3, 0.4) is 0 Å². The quantitative estimate of drug-likeness (QED) is 0.788. The zero-order valence-electron chi connectivity index (χ0n) is 13.0. The predicted octanol–water partition coefficient (Wildman–Crippen LogP) is 1.72. The average molecular weight is 326 g/mol. The first-order valence-corrected chi connectivity index (χ1v) is 7.31. The SMILES string of the molecule is CC1(C)CCCNC1CNC(=O)c1cccc(C(N)=O)c1.Cl. The molecule has 1 aromatic carbocycles. The molecular weight excluding hydrogens is 302 g/mol. The second kappa shape index (κ2) is 7.61. The molecule has 1 aliphatic rings. The van der Waals surface area contributed by atoms with Crippen molar-refractivity contribution in [2.45, 2.75) is 32.7 Å². The summed E-state index contributed by atoms with van der Waals surface area (Å²) in [6.07, 6.45) is 2.32. The molecule has 2 amide bonds. The molecule has 1 fully saturated rings. The molecule has 6 heteroatoms. The summed E-state index contributed by atoms with van der Waals surface area (Å²) < 4.78 is 0. The third-order valence-corrected chi connectivity index (χ3v) is 4.21. The predicted molar refractivity (Wildman–Crippen MR) is 89.3 cm³/mol. The molecule has 0 aliphatic carbocycles. The minimum absolute atomic E-state index is 0. The minimum atomic E-state index is -0.528. The van der Waals surface area contributed by atoms with Gasteiger partial charge in [-0.15, -0.1) is 12.4 Å². The molecule has 1 unspecified atom stereocenters. The summed E-state index contributed by atoms with van der Waals surface area (Å²) >= 11 is 0. The normalized spacial score (nSPS) is 19.8. The number of primary amides is 1. The Bertz CT molecular complexity index is 546. The number of carbonyl (C=O) groups is 2. The van der Waals surface area contributed by atoms with Gasteiger partial charge in [0, 0.05) is 23.7 Å². The van der Waals surface area contributed by atoms with E-state index in [0.29, 0.717) is 17.7 Å². The highest BCUT2D eigenvalue weighted by Crippen LogP contribution is 2.29. The van der Waals surface area contributed by atoms with Gasteiger partial charge < -0.3 is 16.4 Å². The first kappa shape index (κ1) is 18.5. The number of benzene rings is 1. The average Bonchev–Trinajstić information content (AvgIpc) is 2.45. The van der Waals surface area contributed by atoms with Crippen LogP contribution in [0, 0.1) is 5.41 Å². The monoisotopic (exact) mass is 325 g/mol. The Morgan fingerprint density at radius 2 is 2.05 bits per heavy atom. The molecule has 1 heterocycles. The van der Waals surface area contributed by atoms with E-state index in [1.807, 2.05) is 0 Å². The van der Waals surface area contributed by atoms with Crippen molar-refractivity contribution in [3.63, 3.8) is 0 Å². The van der Waals surface area contributed by atoms with Crippen LogP contribution in [0.5, 0.6) is 0 Å². The van der Waals surface area contributed by atoms with Gasteiger partial charge in [-0.05, 0) is 43.0 Å². The number of nitrogens with one attached hydrogen (secondary N) is 2. The summed E-state index contributed by atoms with van der Waals surface area (Å²) in [5, 5.41) is 6.39. The van der Waals surface area contributed by atoms with Gasteiger partial charge in [0.25, 0.3) is 5.91 Å². The molecule has 5 nitrogen and oxygen atoms in total. The lowest BCUT2D eigenvalue weighted by atomic mass is 9.77. The second-order valence-corrected chi connectivity index (χ2v) is 6.25. The van der Waals surface area contributed by atoms with Crippen molar-refractivity contribution in [3.8, 4) is 0 Å². The van der Waals surface area contributed by atoms with Crippen LogP contribution in [0.15, 0.2) is 24.3 Å². The number of nitrogens with two attached hydrogens (primary N) is 1. The van der Waals surface area contributed by atoms with E-state index in [-0.39, 0.29) is 29.8 Å². The van der Waals surface area contributed by atoms with E-state index in [4.69, 9.17) is 5.73 Å². The lowest BCUT2D eigenvalue weighted by molar-refractivity contribution is 0.0929. The number of amides is 2. The highest BCUT2D eigenvalue weighted by molar-refractivity contribution is 5.99. The van der Waals surface area contributed by atoms with Gasteiger partial charge in [-0.2, -0.15) is 0 Å². The largest absolute Gasteiger partial charge is 0.366 e. The van der Waals surface area contributed by atoms with Crippen molar-refractivity contribution in [2.24, 2.45) is 11.1 Å². The Kier molecular flexibility index (Phi) is 6.38. The van der Waals surface area contributed by atoms with Crippen LogP contribution in [-0.2, 0) is 0 Å². The van der Waals surface area contributed by atoms with Crippen LogP contribution < -0.4 is 16.4 Å². The van der Waals surface area contributed by atoms with Crippen molar-refractivity contribution in [1.82, 2.24) is 10.6 Å². The van der Waals surface area contributed by atoms with Crippen molar-refractivity contribution < 1.29 is 9.59 Å². The van der Waals surface area contributed by atoms with Crippen molar-refractivity contribution >= 4 is 24.2 Å². The molecule has 1 aliphatic heterocycles. The van der Waals surface area contributed by atoms with Gasteiger partial charge in [-0.25, -0.2) is 0 Å². The number of halogens is 1. The molecule has 1 aromatic rings. The zero-order valence-corrected chi connectivity index (χ0v) is 13.8. The van der Waals surface area contributed by atoms with Crippen molar-refractivity contribution in [1.29, 1.82) is 0 Å². The van der Waals surface area contributed by atoms with E-state index >= 15 is 0 Å². The van der Waals surface area contributed by atoms with Crippen molar-refractivity contribution in [3.05, 3.63) is 35.4 Å². The van der Waals surface area contributed by atoms with E-state index in [9.17, 15) is 9.59 Å². The summed E-state index contributed by atoms with van der Waals surface area (Å²) in [7, 11) is 0. The van der Waals surface area contributed by atoms with Crippen molar-refractivity contribution in [2.75, 3.05) is 13.1 Å². The Labute approximate surface area is 137 Å². The van der Waals surface area contributed by atoms with Crippen LogP contribution in [0.4, 0.5) is 0 Å². The Balaban J connectivity index is 0.00000242. The lowest BCUT2D eigenvalue weighted by Gasteiger charge is -2.39. The van der Waals surface area contributed by atoms with Crippen LogP contribution in [0.25, 0.3) is 0 Å². The molecule has 22 heavy (non-hydrogen) atoms. The molecule has 1 atom stereocenters. The molecule has 0 saturated carbocycles. The van der Waals surface area contributed by atoms with E-state index in [2.05, 4.69) is 24.5 Å². The van der Waals surface area contributed by atoms with E-state index in [1.165, 1.54) is 6.07 Å². The number of rotatable bonds is 4. The number of hydrogen-bond donors (Lipinski definition) is 3. The summed E-state index contributed by atoms with van der Waals surface area (Å²) in [6, 6.07) is 6.73. The molecule has 0 spiro atoms. The van der Waals surface area contributed by atoms with E-state index in [1.54, 1.807) is 18.2 Å². The maximum absolute atomic E-state index is 12.2. The maximum Gasteiger partial charge on any atom is 0.251 e. The maximum atomic E-state index is 12.2. The third kappa shape index (κ3) is 4.45. The Morgan fingerprint density at radius 3 is 2.68 bits per heavy atom. The van der Waals surface area contributed by atoms with Gasteiger partial charge in [0.2, 0.25) is 5.91 Å². The van der Waals surface area contributed by atoms with Gasteiger partial charge in [0.1, 0.15) is 0 Å². The molecule has 0 bridgehead atoms. The number of piperidine rings is 1. The summed E-state index contributed by atoms with van der Waals surface area (Å²) in [6.45, 7) is 5.99. The zero-order chi connectivity index (χ0) is 15.5. The molecule has 0 aromatic heterocycles. The molecule has 122 valence electrons. The molecule has 1 saturated heterocycles. The Morgan fingerprint density at radius 1 is 1.36 bits per heavy atom. The summed E-state index contributed by atoms with van der Waals surface area (Å²) in [5.74, 6) is -0.707. The van der Waals surface area contributed by atoms with Gasteiger partial charge in [-0.1, -0.05) is 19.9 Å². The molecule has 4 N–H and O–H groups in total. The van der Waals surface area contributed by atoms with Gasteiger partial charge in [-0.3, -0.25) is 9.59 Å². The van der Waals surface area contributed by atoms with Crippen LogP contribution in [0.1, 0.15) is 47.4 Å². The summed E-state index contributed by atoms with van der Waals surface area (Å²) in [5.41, 5.74) is 6.20. The fraction of sp³-hybridized carbons (Fsp3) is 0.500. The highest BCUT2D eigenvalue weighted by Gasteiger charge is 2.31. The van der Waals surface area contributed by atoms with Gasteiger partial charge in [0.15, 0.2) is 0 Å². The molecule has 0 radical (unpaired) electrons. The molecular formula is C16H24ClN3O2. The Hall–Kier alpha value is -1.59. The topological polar surface area (TPSA) is 84.2 Å². The first-order valence-electron chi connectivity index (χ1n) is 7.31. The fourth-order valence-corrected chi connectivity index (χ4v) is 2.73. The number of hydrogen-bond acceptors (Lipinski definition) is 3. The standard InChI is InChI=1S/C16H23N3O2.ClH/c1-16(2)7-4-8-18-13(16)10-19-15(21)12-6-3-5-11(9-12)14(17)20;/h3,5-6,9,13,18H,4,7-8,10H2,1-2H3,(H2,17,20)(H,19,21);1H. The highest BCUT2D eigenvalue weighted by atomic mass is 35.5. The fourth-order valence-electron chi connectivity index (χ4n) is 2.73. The summed E-state index contributed by atoms with van der Waals surface area (Å²) in [4.78, 5) is 23.3. The third-order valence-electron chi connectivity index (χ3n) is 4.21. The van der Waals surface area contributed by atoms with Crippen LogP contribution in [-0.4, -0.2) is 30.9 Å². The second-order valence-electron chi connectivity index (χ2n) is 6.25. The van der Waals surface area contributed by atoms with Crippen LogP contribution >= 0.6 is 12.4 Å². The van der Waals surface area contributed by atoms with Gasteiger partial charge in [0.05, 0.1) is 0 Å². The minimum Gasteiger partial charge on any atom is -0.366 e. The van der Waals surface area contributed by atoms with E-state index < -0.39 is 5.91 Å². The molecule has 2 rings (SSSR count). The van der Waals surface area contributed by atoms with Crippen LogP contribution in [0.2, 0.25) is 0 Å². The first-order chi connectivity index (χ1) is 9.90. The lowest BCUT2D eigenvalue weighted by Crippen LogP contribution is -2.52. The smallest absolute Gasteiger partial charge is 0.251 e. The number of carbonyl (C=O) groups excluding carboxylic acids is 2.